The Balaban J connectivity index is 1.67. The highest BCUT2D eigenvalue weighted by atomic mass is 16.3. The molecular weight excluding hydrogens is 300 g/mol. The first kappa shape index (κ1) is 14.6. The first-order chi connectivity index (χ1) is 11.0. The molecule has 4 N–H and O–H groups in total. The van der Waals surface area contributed by atoms with Crippen LogP contribution in [0.15, 0.2) is 45.8 Å². The van der Waals surface area contributed by atoms with Gasteiger partial charge in [-0.3, -0.25) is 9.59 Å². The third-order valence-corrected chi connectivity index (χ3v) is 3.27. The highest BCUT2D eigenvalue weighted by Crippen LogP contribution is 2.14. The Morgan fingerprint density at radius 3 is 2.70 bits per heavy atom. The summed E-state index contributed by atoms with van der Waals surface area (Å²) >= 11 is 0. The Bertz CT molecular complexity index is 907. The highest BCUT2D eigenvalue weighted by Gasteiger charge is 2.18. The van der Waals surface area contributed by atoms with Crippen molar-refractivity contribution in [2.24, 2.45) is 0 Å². The van der Waals surface area contributed by atoms with Crippen LogP contribution in [0.3, 0.4) is 0 Å². The fourth-order valence-electron chi connectivity index (χ4n) is 2.10. The molecule has 2 aromatic heterocycles. The van der Waals surface area contributed by atoms with Crippen molar-refractivity contribution < 1.29 is 14.0 Å². The van der Waals surface area contributed by atoms with Crippen molar-refractivity contribution in [1.29, 1.82) is 0 Å². The molecule has 0 aliphatic rings. The van der Waals surface area contributed by atoms with Crippen molar-refractivity contribution in [2.45, 2.75) is 13.0 Å². The first-order valence-corrected chi connectivity index (χ1v) is 6.90. The molecule has 0 spiro atoms. The molecular formula is C15H14N4O4. The molecule has 2 heterocycles. The molecule has 3 aromatic rings. The summed E-state index contributed by atoms with van der Waals surface area (Å²) in [4.78, 5) is 40.4. The van der Waals surface area contributed by atoms with E-state index in [1.807, 2.05) is 0 Å². The number of aromatic nitrogens is 2. The Kier molecular flexibility index (Phi) is 3.71. The lowest BCUT2D eigenvalue weighted by Crippen LogP contribution is -2.41. The number of H-pyrrole nitrogens is 2. The van der Waals surface area contributed by atoms with Crippen LogP contribution in [0.25, 0.3) is 11.0 Å². The van der Waals surface area contributed by atoms with Gasteiger partial charge in [0.2, 0.25) is 5.91 Å². The zero-order valence-electron chi connectivity index (χ0n) is 12.2. The van der Waals surface area contributed by atoms with Crippen molar-refractivity contribution in [2.75, 3.05) is 5.32 Å². The Hall–Kier alpha value is -3.29. The van der Waals surface area contributed by atoms with Crippen LogP contribution in [0.4, 0.5) is 5.69 Å². The van der Waals surface area contributed by atoms with E-state index in [1.165, 1.54) is 12.3 Å². The number of aromatic amines is 2. The van der Waals surface area contributed by atoms with Gasteiger partial charge in [0.05, 0.1) is 17.3 Å². The van der Waals surface area contributed by atoms with E-state index in [9.17, 15) is 14.4 Å². The van der Waals surface area contributed by atoms with E-state index in [2.05, 4.69) is 20.6 Å². The van der Waals surface area contributed by atoms with Gasteiger partial charge in [-0.05, 0) is 37.3 Å². The molecule has 1 unspecified atom stereocenters. The summed E-state index contributed by atoms with van der Waals surface area (Å²) in [6.45, 7) is 1.56. The maximum absolute atomic E-state index is 12.1. The number of nitrogens with one attached hydrogen (secondary N) is 4. The largest absolute Gasteiger partial charge is 0.459 e. The molecule has 0 saturated carbocycles. The predicted octanol–water partition coefficient (Wildman–Crippen LogP) is 1.21. The minimum Gasteiger partial charge on any atom is -0.459 e. The fraction of sp³-hybridized carbons (Fsp3) is 0.133. The number of hydrogen-bond donors (Lipinski definition) is 4. The van der Waals surface area contributed by atoms with Crippen molar-refractivity contribution in [3.63, 3.8) is 0 Å². The van der Waals surface area contributed by atoms with Gasteiger partial charge in [0.25, 0.3) is 5.91 Å². The molecule has 2 amide bonds. The van der Waals surface area contributed by atoms with Gasteiger partial charge in [0.1, 0.15) is 6.04 Å². The van der Waals surface area contributed by atoms with Crippen LogP contribution in [-0.2, 0) is 4.79 Å². The van der Waals surface area contributed by atoms with Crippen molar-refractivity contribution in [3.05, 3.63) is 52.8 Å². The second-order valence-electron chi connectivity index (χ2n) is 5.00. The Morgan fingerprint density at radius 1 is 1.17 bits per heavy atom. The number of rotatable bonds is 4. The van der Waals surface area contributed by atoms with Gasteiger partial charge in [0, 0.05) is 5.69 Å². The van der Waals surface area contributed by atoms with E-state index in [0.717, 1.165) is 0 Å². The summed E-state index contributed by atoms with van der Waals surface area (Å²) in [5.74, 6) is -0.721. The quantitative estimate of drug-likeness (QED) is 0.578. The minimum absolute atomic E-state index is 0.135. The summed E-state index contributed by atoms with van der Waals surface area (Å²) in [7, 11) is 0. The average molecular weight is 314 g/mol. The van der Waals surface area contributed by atoms with Crippen molar-refractivity contribution in [3.8, 4) is 0 Å². The summed E-state index contributed by atoms with van der Waals surface area (Å²) in [6.07, 6.45) is 1.38. The van der Waals surface area contributed by atoms with E-state index in [1.54, 1.807) is 31.2 Å². The molecule has 0 fully saturated rings. The third kappa shape index (κ3) is 3.15. The number of carbonyl (C=O) groups excluding carboxylic acids is 2. The standard InChI is InChI=1S/C15H14N4O4/c1-8(16-14(21)12-3-2-6-23-12)13(20)17-9-4-5-10-11(7-9)19-15(22)18-10/h2-8H,1H3,(H,16,21)(H,17,20)(H2,18,19,22). The Labute approximate surface area is 129 Å². The number of fused-ring (bicyclic) bond motifs is 1. The minimum atomic E-state index is -0.756. The van der Waals surface area contributed by atoms with Crippen LogP contribution in [0.1, 0.15) is 17.5 Å². The molecule has 1 aromatic carbocycles. The van der Waals surface area contributed by atoms with E-state index >= 15 is 0 Å². The number of amides is 2. The number of imidazole rings is 1. The number of furan rings is 1. The van der Waals surface area contributed by atoms with E-state index in [-0.39, 0.29) is 17.4 Å². The van der Waals surface area contributed by atoms with Crippen LogP contribution in [-0.4, -0.2) is 27.8 Å². The zero-order valence-corrected chi connectivity index (χ0v) is 12.2. The van der Waals surface area contributed by atoms with Crippen LogP contribution in [0.5, 0.6) is 0 Å². The number of anilines is 1. The molecule has 1 atom stereocenters. The van der Waals surface area contributed by atoms with Crippen LogP contribution in [0, 0.1) is 0 Å². The van der Waals surface area contributed by atoms with Gasteiger partial charge in [-0.2, -0.15) is 0 Å². The zero-order chi connectivity index (χ0) is 16.4. The molecule has 0 saturated heterocycles. The smallest absolute Gasteiger partial charge is 0.323 e. The number of carbonyl (C=O) groups is 2. The van der Waals surface area contributed by atoms with Crippen LogP contribution in [0.2, 0.25) is 0 Å². The van der Waals surface area contributed by atoms with E-state index in [0.29, 0.717) is 16.7 Å². The fourth-order valence-corrected chi connectivity index (χ4v) is 2.10. The number of hydrogen-bond acceptors (Lipinski definition) is 4. The van der Waals surface area contributed by atoms with Crippen molar-refractivity contribution in [1.82, 2.24) is 15.3 Å². The lowest BCUT2D eigenvalue weighted by Gasteiger charge is -2.13. The summed E-state index contributed by atoms with van der Waals surface area (Å²) < 4.78 is 4.96. The molecule has 0 aliphatic carbocycles. The number of benzene rings is 1. The SMILES string of the molecule is CC(NC(=O)c1ccco1)C(=O)Nc1ccc2[nH]c(=O)[nH]c2c1. The van der Waals surface area contributed by atoms with Gasteiger partial charge in [-0.1, -0.05) is 0 Å². The second kappa shape index (κ2) is 5.84. The average Bonchev–Trinajstić information content (AvgIpc) is 3.14. The molecule has 118 valence electrons. The van der Waals surface area contributed by atoms with Crippen LogP contribution < -0.4 is 16.3 Å². The maximum atomic E-state index is 12.1. The summed E-state index contributed by atoms with van der Waals surface area (Å²) in [6, 6.07) is 7.31. The molecule has 23 heavy (non-hydrogen) atoms. The molecule has 0 bridgehead atoms. The van der Waals surface area contributed by atoms with Gasteiger partial charge in [-0.15, -0.1) is 0 Å². The van der Waals surface area contributed by atoms with E-state index < -0.39 is 11.9 Å². The molecule has 8 heteroatoms. The van der Waals surface area contributed by atoms with Crippen LogP contribution >= 0.6 is 0 Å². The molecule has 8 nitrogen and oxygen atoms in total. The van der Waals surface area contributed by atoms with Gasteiger partial charge in [-0.25, -0.2) is 4.79 Å². The highest BCUT2D eigenvalue weighted by molar-refractivity contribution is 6.00. The topological polar surface area (TPSA) is 120 Å². The van der Waals surface area contributed by atoms with Gasteiger partial charge < -0.3 is 25.0 Å². The lowest BCUT2D eigenvalue weighted by molar-refractivity contribution is -0.117. The van der Waals surface area contributed by atoms with Gasteiger partial charge >= 0.3 is 5.69 Å². The maximum Gasteiger partial charge on any atom is 0.323 e. The van der Waals surface area contributed by atoms with Crippen molar-refractivity contribution >= 4 is 28.5 Å². The first-order valence-electron chi connectivity index (χ1n) is 6.90. The van der Waals surface area contributed by atoms with Gasteiger partial charge in [0.15, 0.2) is 5.76 Å². The lowest BCUT2D eigenvalue weighted by atomic mass is 10.2. The van der Waals surface area contributed by atoms with E-state index in [4.69, 9.17) is 4.42 Å². The molecule has 3 rings (SSSR count). The normalized spacial score (nSPS) is 12.0. The molecule has 0 radical (unpaired) electrons. The summed E-state index contributed by atoms with van der Waals surface area (Å²) in [5, 5.41) is 5.21. The third-order valence-electron chi connectivity index (χ3n) is 3.27. The Morgan fingerprint density at radius 2 is 1.96 bits per heavy atom. The second-order valence-corrected chi connectivity index (χ2v) is 5.00. The summed E-state index contributed by atoms with van der Waals surface area (Å²) in [5.41, 5.74) is 1.42. The monoisotopic (exact) mass is 314 g/mol. The predicted molar refractivity (Wildman–Crippen MR) is 83.2 cm³/mol. The molecule has 0 aliphatic heterocycles.